The molecule has 0 spiro atoms. The molecule has 3 nitrogen and oxygen atoms in total. The van der Waals surface area contributed by atoms with E-state index >= 15 is 0 Å². The van der Waals surface area contributed by atoms with E-state index in [4.69, 9.17) is 11.5 Å². The zero-order chi connectivity index (χ0) is 13.1. The molecule has 4 N–H and O–H groups in total. The third kappa shape index (κ3) is 3.72. The highest BCUT2D eigenvalue weighted by Crippen LogP contribution is 2.32. The van der Waals surface area contributed by atoms with Crippen molar-refractivity contribution in [1.29, 1.82) is 0 Å². The van der Waals surface area contributed by atoms with Crippen LogP contribution in [0.3, 0.4) is 0 Å². The average molecular weight is 242 g/mol. The van der Waals surface area contributed by atoms with Crippen LogP contribution >= 0.6 is 0 Å². The van der Waals surface area contributed by atoms with Gasteiger partial charge in [-0.2, -0.15) is 13.2 Å². The van der Waals surface area contributed by atoms with Crippen molar-refractivity contribution in [2.45, 2.75) is 12.6 Å². The number of rotatable bonds is 1. The van der Waals surface area contributed by atoms with Crippen molar-refractivity contribution in [1.82, 2.24) is 0 Å². The fraction of sp³-hybridized carbons (Fsp3) is 0.182. The van der Waals surface area contributed by atoms with Crippen LogP contribution in [0.25, 0.3) is 0 Å². The first-order valence-corrected chi connectivity index (χ1v) is 4.54. The normalized spacial score (nSPS) is 10.5. The van der Waals surface area contributed by atoms with Gasteiger partial charge in [-0.3, -0.25) is 4.79 Å². The Bertz CT molecular complexity index is 498. The summed E-state index contributed by atoms with van der Waals surface area (Å²) in [5.41, 5.74) is 8.95. The fourth-order valence-electron chi connectivity index (χ4n) is 1.13. The maximum atomic E-state index is 12.6. The van der Waals surface area contributed by atoms with Gasteiger partial charge in [0.05, 0.1) is 12.0 Å². The number of amides is 1. The topological polar surface area (TPSA) is 69.1 Å². The van der Waals surface area contributed by atoms with Crippen LogP contribution in [0.2, 0.25) is 0 Å². The van der Waals surface area contributed by atoms with Gasteiger partial charge in [0.15, 0.2) is 0 Å². The number of primary amides is 1. The number of halogens is 3. The van der Waals surface area contributed by atoms with E-state index in [1.54, 1.807) is 0 Å². The molecule has 0 radical (unpaired) electrons. The van der Waals surface area contributed by atoms with Gasteiger partial charge in [-0.05, 0) is 18.2 Å². The predicted octanol–water partition coefficient (Wildman–Crippen LogP) is 1.51. The number of carbonyl (C=O) groups is 1. The summed E-state index contributed by atoms with van der Waals surface area (Å²) in [5, 5.41) is 0. The highest BCUT2D eigenvalue weighted by atomic mass is 19.4. The maximum Gasteiger partial charge on any atom is 0.417 e. The number of anilines is 1. The summed E-state index contributed by atoms with van der Waals surface area (Å²) in [4.78, 5) is 10.4. The minimum atomic E-state index is -4.54. The Hall–Kier alpha value is -2.16. The Labute approximate surface area is 95.6 Å². The highest BCUT2D eigenvalue weighted by molar-refractivity contribution is 5.76. The molecule has 0 aliphatic heterocycles. The lowest BCUT2D eigenvalue weighted by Gasteiger charge is -2.09. The van der Waals surface area contributed by atoms with E-state index in [9.17, 15) is 18.0 Å². The Kier molecular flexibility index (Phi) is 3.63. The van der Waals surface area contributed by atoms with Crippen molar-refractivity contribution in [3.8, 4) is 11.8 Å². The Balaban J connectivity index is 3.14. The molecule has 0 heterocycles. The number of nitrogen functional groups attached to an aromatic ring is 1. The second kappa shape index (κ2) is 4.78. The van der Waals surface area contributed by atoms with Crippen molar-refractivity contribution >= 4 is 11.6 Å². The van der Waals surface area contributed by atoms with Crippen LogP contribution in [0.4, 0.5) is 18.9 Å². The standard InChI is InChI=1S/C11H9F3N2O/c12-11(13,14)9-6-8(15)5-4-7(9)2-1-3-10(16)17/h4-6H,3,15H2,(H2,16,17). The number of hydrogen-bond acceptors (Lipinski definition) is 2. The van der Waals surface area contributed by atoms with Crippen molar-refractivity contribution in [3.05, 3.63) is 29.3 Å². The Morgan fingerprint density at radius 2 is 2.00 bits per heavy atom. The molecular weight excluding hydrogens is 233 g/mol. The van der Waals surface area contributed by atoms with Gasteiger partial charge in [-0.15, -0.1) is 0 Å². The summed E-state index contributed by atoms with van der Waals surface area (Å²) in [5.74, 6) is 3.83. The lowest BCUT2D eigenvalue weighted by atomic mass is 10.1. The minimum absolute atomic E-state index is 0.00206. The van der Waals surface area contributed by atoms with Crippen LogP contribution in [0.5, 0.6) is 0 Å². The highest BCUT2D eigenvalue weighted by Gasteiger charge is 2.33. The van der Waals surface area contributed by atoms with Gasteiger partial charge in [0.2, 0.25) is 5.91 Å². The van der Waals surface area contributed by atoms with Crippen molar-refractivity contribution < 1.29 is 18.0 Å². The van der Waals surface area contributed by atoms with Crippen molar-refractivity contribution in [2.24, 2.45) is 5.73 Å². The van der Waals surface area contributed by atoms with Gasteiger partial charge in [0, 0.05) is 11.3 Å². The second-order valence-electron chi connectivity index (χ2n) is 3.25. The molecule has 0 aromatic heterocycles. The van der Waals surface area contributed by atoms with Gasteiger partial charge in [-0.25, -0.2) is 0 Å². The first-order chi connectivity index (χ1) is 7.80. The lowest BCUT2D eigenvalue weighted by Crippen LogP contribution is -2.09. The zero-order valence-corrected chi connectivity index (χ0v) is 8.64. The molecule has 1 rings (SSSR count). The van der Waals surface area contributed by atoms with E-state index in [0.717, 1.165) is 12.1 Å². The van der Waals surface area contributed by atoms with Crippen LogP contribution in [0.15, 0.2) is 18.2 Å². The van der Waals surface area contributed by atoms with Crippen LogP contribution in [-0.4, -0.2) is 5.91 Å². The third-order valence-corrected chi connectivity index (χ3v) is 1.83. The number of hydrogen-bond donors (Lipinski definition) is 2. The van der Waals surface area contributed by atoms with Crippen LogP contribution in [0, 0.1) is 11.8 Å². The first-order valence-electron chi connectivity index (χ1n) is 4.54. The smallest absolute Gasteiger partial charge is 0.399 e. The number of alkyl halides is 3. The molecule has 0 saturated carbocycles. The molecule has 0 aliphatic rings. The van der Waals surface area contributed by atoms with E-state index in [2.05, 4.69) is 11.8 Å². The Morgan fingerprint density at radius 3 is 2.53 bits per heavy atom. The maximum absolute atomic E-state index is 12.6. The van der Waals surface area contributed by atoms with E-state index in [0.29, 0.717) is 0 Å². The quantitative estimate of drug-likeness (QED) is 0.579. The number of nitrogens with two attached hydrogens (primary N) is 2. The number of carbonyl (C=O) groups excluding carboxylic acids is 1. The largest absolute Gasteiger partial charge is 0.417 e. The summed E-state index contributed by atoms with van der Waals surface area (Å²) in [6.45, 7) is 0. The van der Waals surface area contributed by atoms with Crippen molar-refractivity contribution in [3.63, 3.8) is 0 Å². The summed E-state index contributed by atoms with van der Waals surface area (Å²) < 4.78 is 37.8. The number of benzene rings is 1. The second-order valence-corrected chi connectivity index (χ2v) is 3.25. The van der Waals surface area contributed by atoms with E-state index in [1.807, 2.05) is 0 Å². The molecule has 1 amide bonds. The predicted molar refractivity (Wildman–Crippen MR) is 56.5 cm³/mol. The molecule has 0 aliphatic carbocycles. The fourth-order valence-corrected chi connectivity index (χ4v) is 1.13. The molecule has 90 valence electrons. The third-order valence-electron chi connectivity index (χ3n) is 1.83. The molecule has 0 fully saturated rings. The van der Waals surface area contributed by atoms with E-state index < -0.39 is 17.6 Å². The van der Waals surface area contributed by atoms with Gasteiger partial charge < -0.3 is 11.5 Å². The first kappa shape index (κ1) is 12.9. The van der Waals surface area contributed by atoms with Crippen LogP contribution in [0.1, 0.15) is 17.5 Å². The summed E-state index contributed by atoms with van der Waals surface area (Å²) >= 11 is 0. The Morgan fingerprint density at radius 1 is 1.35 bits per heavy atom. The lowest BCUT2D eigenvalue weighted by molar-refractivity contribution is -0.137. The zero-order valence-electron chi connectivity index (χ0n) is 8.64. The van der Waals surface area contributed by atoms with Crippen molar-refractivity contribution in [2.75, 3.05) is 5.73 Å². The van der Waals surface area contributed by atoms with E-state index in [-0.39, 0.29) is 17.7 Å². The molecule has 1 aromatic rings. The monoisotopic (exact) mass is 242 g/mol. The molecule has 0 saturated heterocycles. The summed E-state index contributed by atoms with van der Waals surface area (Å²) in [6, 6.07) is 3.27. The SMILES string of the molecule is NC(=O)CC#Cc1ccc(N)cc1C(F)(F)F. The summed E-state index contributed by atoms with van der Waals surface area (Å²) in [7, 11) is 0. The molecule has 0 bridgehead atoms. The van der Waals surface area contributed by atoms with Gasteiger partial charge in [0.1, 0.15) is 0 Å². The molecule has 6 heteroatoms. The minimum Gasteiger partial charge on any atom is -0.399 e. The average Bonchev–Trinajstić information content (AvgIpc) is 2.18. The molecule has 17 heavy (non-hydrogen) atoms. The molecule has 1 aromatic carbocycles. The van der Waals surface area contributed by atoms with Gasteiger partial charge in [-0.1, -0.05) is 11.8 Å². The van der Waals surface area contributed by atoms with Gasteiger partial charge >= 0.3 is 6.18 Å². The molecule has 0 atom stereocenters. The van der Waals surface area contributed by atoms with Crippen LogP contribution < -0.4 is 11.5 Å². The van der Waals surface area contributed by atoms with Gasteiger partial charge in [0.25, 0.3) is 0 Å². The van der Waals surface area contributed by atoms with Crippen LogP contribution in [-0.2, 0) is 11.0 Å². The van der Waals surface area contributed by atoms with E-state index in [1.165, 1.54) is 6.07 Å². The molecular formula is C11H9F3N2O. The molecule has 0 unspecified atom stereocenters. The summed E-state index contributed by atoms with van der Waals surface area (Å²) in [6.07, 6.45) is -4.83.